The molecule has 116 heavy (non-hydrogen) atoms. The first-order valence-electron chi connectivity index (χ1n) is 38.2. The molecule has 0 heterocycles. The molecule has 20 aromatic carbocycles. The number of halogens is 2. The molecule has 0 saturated carbocycles. The van der Waals surface area contributed by atoms with Crippen LogP contribution in [0.1, 0.15) is 0 Å². The minimum Gasteiger partial charge on any atom is -1.00 e. The van der Waals surface area contributed by atoms with Crippen LogP contribution in [0.15, 0.2) is 485 Å². The van der Waals surface area contributed by atoms with Crippen LogP contribution in [0.25, 0.3) is 87.6 Å². The molecule has 0 amide bonds. The topological polar surface area (TPSA) is 0 Å². The van der Waals surface area contributed by atoms with Crippen molar-refractivity contribution in [2.24, 2.45) is 0 Å². The smallest absolute Gasteiger partial charge is 1.00 e. The number of hydrogen-bond acceptors (Lipinski definition) is 0. The zero-order chi connectivity index (χ0) is 75.0. The minimum atomic E-state index is -0.574. The molecule has 0 aliphatic rings. The predicted octanol–water partition coefficient (Wildman–Crippen LogP) is 17.9. The van der Waals surface area contributed by atoms with Gasteiger partial charge in [-0.25, -0.2) is 0 Å². The molecule has 0 nitrogen and oxygen atoms in total. The second-order valence-corrected chi connectivity index (χ2v) is 36.5. The van der Waals surface area contributed by atoms with Gasteiger partial charge in [-0.1, -0.05) is 411 Å². The standard InChI is InChI=1S/4C27H20P.2ClH.2Zr/c4*1-4-11-21(12-5-1)26-18-10-13-22-19-25(20-27(22)26)28(23-14-6-2-7-15-23)24-16-8-3-9-17-24;;;;/h4*1-20H;2*1H;;/q4*-1;;;2*+2/p-2. The SMILES string of the molecule is [Cl-].[Cl-].[Zr+2].[Zr+2].c1ccc(-c2cccc3[cH-]c(P(c4ccccc4)c4ccccc4)cc23)cc1.c1ccc(-c2cccc3[cH-]c(P(c4ccccc4)c4ccccc4)cc23)cc1.c1ccc(-c2cccc3[cH-]c(P(c4ccccc4)c4ccccc4)cc23)cc1.c1ccc(-c2cccc3[cH-]c(P(c4ccccc4)c4ccccc4)cc23)cc1. The summed E-state index contributed by atoms with van der Waals surface area (Å²) in [7, 11) is -2.30. The summed E-state index contributed by atoms with van der Waals surface area (Å²) in [6.45, 7) is 0. The number of benzene rings is 16. The maximum atomic E-state index is 2.41. The van der Waals surface area contributed by atoms with Crippen molar-refractivity contribution in [3.8, 4) is 44.5 Å². The molecule has 0 spiro atoms. The Balaban J connectivity index is 0.000000133. The van der Waals surface area contributed by atoms with Crippen molar-refractivity contribution in [1.82, 2.24) is 0 Å². The summed E-state index contributed by atoms with van der Waals surface area (Å²) < 4.78 is 0. The van der Waals surface area contributed by atoms with E-state index in [9.17, 15) is 0 Å². The van der Waals surface area contributed by atoms with E-state index in [0.29, 0.717) is 0 Å². The van der Waals surface area contributed by atoms with Crippen LogP contribution in [0.2, 0.25) is 0 Å². The molecule has 0 fully saturated rings. The Morgan fingerprint density at radius 1 is 0.147 bits per heavy atom. The van der Waals surface area contributed by atoms with Gasteiger partial charge >= 0.3 is 52.4 Å². The Hall–Kier alpha value is -9.97. The van der Waals surface area contributed by atoms with Crippen molar-refractivity contribution in [3.63, 3.8) is 0 Å². The molecule has 8 heteroatoms. The monoisotopic (exact) mass is 1750 g/mol. The zero-order valence-corrected chi connectivity index (χ0v) is 73.7. The van der Waals surface area contributed by atoms with Crippen molar-refractivity contribution < 1.29 is 77.2 Å². The van der Waals surface area contributed by atoms with Crippen LogP contribution in [0, 0.1) is 0 Å². The summed E-state index contributed by atoms with van der Waals surface area (Å²) in [5.41, 5.74) is 10.3. The molecule has 0 bridgehead atoms. The van der Waals surface area contributed by atoms with E-state index < -0.39 is 31.7 Å². The third-order valence-corrected chi connectivity index (χ3v) is 30.0. The summed E-state index contributed by atoms with van der Waals surface area (Å²) in [4.78, 5) is 0. The summed E-state index contributed by atoms with van der Waals surface area (Å²) in [6.07, 6.45) is 0. The van der Waals surface area contributed by atoms with Crippen molar-refractivity contribution in [2.45, 2.75) is 0 Å². The normalized spacial score (nSPS) is 10.8. The molecule has 0 atom stereocenters. The molecule has 556 valence electrons. The van der Waals surface area contributed by atoms with E-state index in [1.807, 2.05) is 0 Å². The van der Waals surface area contributed by atoms with Crippen LogP contribution >= 0.6 is 31.7 Å². The molecular weight excluding hydrogens is 1670 g/mol. The fourth-order valence-corrected chi connectivity index (χ4v) is 24.7. The second-order valence-electron chi connectivity index (χ2n) is 27.6. The van der Waals surface area contributed by atoms with Gasteiger partial charge in [-0.05, 0) is 96.4 Å². The van der Waals surface area contributed by atoms with Gasteiger partial charge in [-0.15, -0.1) is 137 Å². The third kappa shape index (κ3) is 19.5. The number of rotatable bonds is 16. The third-order valence-electron chi connectivity index (χ3n) is 20.4. The number of fused-ring (bicyclic) bond motifs is 4. The molecule has 0 saturated heterocycles. The van der Waals surface area contributed by atoms with Gasteiger partial charge in [0, 0.05) is 0 Å². The van der Waals surface area contributed by atoms with Gasteiger partial charge in [0.2, 0.25) is 0 Å². The van der Waals surface area contributed by atoms with Gasteiger partial charge in [0.15, 0.2) is 0 Å². The molecular formula is C108H80Cl2P4Zr2-2. The van der Waals surface area contributed by atoms with E-state index in [-0.39, 0.29) is 77.2 Å². The van der Waals surface area contributed by atoms with Gasteiger partial charge in [0.25, 0.3) is 0 Å². The Bertz CT molecular complexity index is 5410. The van der Waals surface area contributed by atoms with Gasteiger partial charge in [-0.3, -0.25) is 0 Å². The molecule has 0 unspecified atom stereocenters. The second kappa shape index (κ2) is 41.2. The molecule has 20 aromatic rings. The maximum absolute atomic E-state index is 2.41. The van der Waals surface area contributed by atoms with Gasteiger partial charge in [0.1, 0.15) is 0 Å². The zero-order valence-electron chi connectivity index (χ0n) is 63.7. The predicted molar refractivity (Wildman–Crippen MR) is 495 cm³/mol. The fraction of sp³-hybridized carbons (Fsp3) is 0. The van der Waals surface area contributed by atoms with E-state index in [0.717, 1.165) is 0 Å². The Labute approximate surface area is 738 Å². The molecule has 0 N–H and O–H groups in total. The molecule has 0 aliphatic heterocycles. The largest absolute Gasteiger partial charge is 2.00 e. The van der Waals surface area contributed by atoms with Crippen molar-refractivity contribution in [3.05, 3.63) is 485 Å². The van der Waals surface area contributed by atoms with Crippen LogP contribution in [-0.2, 0) is 52.4 Å². The maximum Gasteiger partial charge on any atom is 2.00 e. The molecule has 0 aromatic heterocycles. The van der Waals surface area contributed by atoms with Crippen LogP contribution in [-0.4, -0.2) is 0 Å². The van der Waals surface area contributed by atoms with Gasteiger partial charge < -0.3 is 24.8 Å². The molecule has 20 rings (SSSR count). The van der Waals surface area contributed by atoms with Gasteiger partial charge in [-0.2, -0.15) is 24.3 Å². The summed E-state index contributed by atoms with van der Waals surface area (Å²) in [5.74, 6) is 0. The van der Waals surface area contributed by atoms with Crippen molar-refractivity contribution in [1.29, 1.82) is 0 Å². The Morgan fingerprint density at radius 3 is 0.431 bits per heavy atom. The number of hydrogen-bond donors (Lipinski definition) is 0. The average molecular weight is 1760 g/mol. The van der Waals surface area contributed by atoms with Gasteiger partial charge in [0.05, 0.1) is 0 Å². The van der Waals surface area contributed by atoms with E-state index >= 15 is 0 Å². The first-order chi connectivity index (χ1) is 55.6. The van der Waals surface area contributed by atoms with Crippen LogP contribution in [0.4, 0.5) is 0 Å². The quantitative estimate of drug-likeness (QED) is 0.0668. The summed E-state index contributed by atoms with van der Waals surface area (Å²) in [5, 5.41) is 27.4. The summed E-state index contributed by atoms with van der Waals surface area (Å²) in [6, 6.07) is 176. The fourth-order valence-electron chi connectivity index (χ4n) is 15.3. The van der Waals surface area contributed by atoms with Crippen LogP contribution < -0.4 is 88.5 Å². The Morgan fingerprint density at radius 2 is 0.284 bits per heavy atom. The van der Waals surface area contributed by atoms with E-state index in [4.69, 9.17) is 0 Å². The Kier molecular flexibility index (Phi) is 29.8. The minimum absolute atomic E-state index is 0. The van der Waals surface area contributed by atoms with Crippen LogP contribution in [0.3, 0.4) is 0 Å². The average Bonchev–Trinajstić information content (AvgIpc) is 1.65. The van der Waals surface area contributed by atoms with Crippen molar-refractivity contribution in [2.75, 3.05) is 0 Å². The first-order valence-corrected chi connectivity index (χ1v) is 43.6. The molecule has 0 radical (unpaired) electrons. The molecule has 0 aliphatic carbocycles. The van der Waals surface area contributed by atoms with E-state index in [1.165, 1.54) is 151 Å². The van der Waals surface area contributed by atoms with E-state index in [2.05, 4.69) is 485 Å². The van der Waals surface area contributed by atoms with E-state index in [1.54, 1.807) is 0 Å². The van der Waals surface area contributed by atoms with Crippen LogP contribution in [0.5, 0.6) is 0 Å². The first kappa shape index (κ1) is 84.0. The summed E-state index contributed by atoms with van der Waals surface area (Å²) >= 11 is 0. The van der Waals surface area contributed by atoms with Crippen molar-refractivity contribution >= 4 is 138 Å².